The van der Waals surface area contributed by atoms with Gasteiger partial charge < -0.3 is 0 Å². The molecule has 29 heavy (non-hydrogen) atoms. The summed E-state index contributed by atoms with van der Waals surface area (Å²) in [5.41, 5.74) is 1.74. The second-order valence-electron chi connectivity index (χ2n) is 6.40. The van der Waals surface area contributed by atoms with Crippen molar-refractivity contribution in [2.24, 2.45) is 0 Å². The van der Waals surface area contributed by atoms with E-state index in [4.69, 9.17) is 0 Å². The van der Waals surface area contributed by atoms with Gasteiger partial charge in [0.1, 0.15) is 10.8 Å². The third kappa shape index (κ3) is 3.76. The molecule has 2 aromatic carbocycles. The predicted octanol–water partition coefficient (Wildman–Crippen LogP) is 4.17. The Labute approximate surface area is 170 Å². The minimum atomic E-state index is -3.34. The van der Waals surface area contributed by atoms with Crippen molar-refractivity contribution in [3.05, 3.63) is 88.4 Å². The number of benzene rings is 2. The number of nitrogens with zero attached hydrogens (tertiary/aromatic N) is 2. The molecule has 0 spiro atoms. The van der Waals surface area contributed by atoms with Crippen LogP contribution in [0.5, 0.6) is 0 Å². The molecule has 8 heteroatoms. The maximum absolute atomic E-state index is 13.4. The zero-order chi connectivity index (χ0) is 20.6. The third-order valence-electron chi connectivity index (χ3n) is 4.42. The molecular formula is C21H15FN2O3S2. The molecule has 4 rings (SSSR count). The lowest BCUT2D eigenvalue weighted by molar-refractivity contribution is 0.602. The molecule has 0 radical (unpaired) electrons. The Hall–Kier alpha value is -3.10. The molecule has 0 atom stereocenters. The van der Waals surface area contributed by atoms with Gasteiger partial charge in [0.05, 0.1) is 16.7 Å². The lowest BCUT2D eigenvalue weighted by Crippen LogP contribution is -2.22. The van der Waals surface area contributed by atoms with Gasteiger partial charge in [-0.05, 0) is 52.9 Å². The van der Waals surface area contributed by atoms with Gasteiger partial charge in [0.25, 0.3) is 5.56 Å². The van der Waals surface area contributed by atoms with Crippen molar-refractivity contribution < 1.29 is 12.8 Å². The van der Waals surface area contributed by atoms with Crippen LogP contribution in [0, 0.1) is 5.82 Å². The molecule has 0 aliphatic carbocycles. The summed E-state index contributed by atoms with van der Waals surface area (Å²) in [5.74, 6) is -0.402. The maximum atomic E-state index is 13.4. The smallest absolute Gasteiger partial charge is 0.267 e. The first-order valence-corrected chi connectivity index (χ1v) is 11.3. The van der Waals surface area contributed by atoms with Crippen LogP contribution in [-0.2, 0) is 9.84 Å². The molecule has 0 unspecified atom stereocenters. The van der Waals surface area contributed by atoms with Crippen LogP contribution < -0.4 is 5.56 Å². The Morgan fingerprint density at radius 2 is 1.62 bits per heavy atom. The summed E-state index contributed by atoms with van der Waals surface area (Å²) in [5, 5.41) is 6.80. The summed E-state index contributed by atoms with van der Waals surface area (Å²) in [7, 11) is -3.34. The van der Waals surface area contributed by atoms with Crippen molar-refractivity contribution in [1.29, 1.82) is 0 Å². The highest BCUT2D eigenvalue weighted by Crippen LogP contribution is 2.30. The average Bonchev–Trinajstić information content (AvgIpc) is 3.22. The van der Waals surface area contributed by atoms with Crippen LogP contribution in [0.3, 0.4) is 0 Å². The topological polar surface area (TPSA) is 69.0 Å². The average molecular weight is 426 g/mol. The van der Waals surface area contributed by atoms with Gasteiger partial charge in [0.15, 0.2) is 9.84 Å². The van der Waals surface area contributed by atoms with Crippen molar-refractivity contribution in [2.75, 3.05) is 6.26 Å². The molecule has 0 amide bonds. The van der Waals surface area contributed by atoms with E-state index in [0.29, 0.717) is 27.3 Å². The lowest BCUT2D eigenvalue weighted by Gasteiger charge is -2.12. The van der Waals surface area contributed by atoms with Crippen LogP contribution in [0.4, 0.5) is 4.39 Å². The van der Waals surface area contributed by atoms with Crippen LogP contribution in [-0.4, -0.2) is 24.5 Å². The minimum Gasteiger partial charge on any atom is -0.267 e. The molecule has 146 valence electrons. The molecule has 0 aliphatic rings. The van der Waals surface area contributed by atoms with Gasteiger partial charge in [0.2, 0.25) is 0 Å². The molecule has 0 aliphatic heterocycles. The van der Waals surface area contributed by atoms with Crippen LogP contribution in [0.25, 0.3) is 27.3 Å². The summed E-state index contributed by atoms with van der Waals surface area (Å²) in [6.07, 6.45) is 2.70. The Morgan fingerprint density at radius 1 is 0.966 bits per heavy atom. The van der Waals surface area contributed by atoms with E-state index in [1.807, 2.05) is 11.4 Å². The van der Waals surface area contributed by atoms with E-state index in [2.05, 4.69) is 5.10 Å². The zero-order valence-electron chi connectivity index (χ0n) is 15.2. The fraction of sp³-hybridized carbons (Fsp3) is 0.0476. The fourth-order valence-electron chi connectivity index (χ4n) is 3.00. The molecule has 0 N–H and O–H groups in total. The molecule has 0 bridgehead atoms. The number of thiophene rings is 1. The Kier molecular flexibility index (Phi) is 4.89. The van der Waals surface area contributed by atoms with E-state index < -0.39 is 15.7 Å². The van der Waals surface area contributed by atoms with Crippen LogP contribution in [0.15, 0.2) is 81.9 Å². The lowest BCUT2D eigenvalue weighted by atomic mass is 9.97. The summed E-state index contributed by atoms with van der Waals surface area (Å²) in [4.78, 5) is 13.5. The van der Waals surface area contributed by atoms with Gasteiger partial charge in [0, 0.05) is 11.8 Å². The molecule has 5 nitrogen and oxygen atoms in total. The summed E-state index contributed by atoms with van der Waals surface area (Å²) in [6.45, 7) is 0. The molecule has 0 saturated heterocycles. The number of sulfone groups is 1. The van der Waals surface area contributed by atoms with E-state index in [1.54, 1.807) is 36.5 Å². The second kappa shape index (κ2) is 7.38. The standard InChI is InChI=1S/C21H15FN2O3S2/c1-29(26,27)17-10-6-14(7-11-17)18-13-23-24(19-3-2-12-28-19)21(25)20(18)15-4-8-16(22)9-5-15/h2-13H,1H3. The molecular weight excluding hydrogens is 411 g/mol. The highest BCUT2D eigenvalue weighted by molar-refractivity contribution is 7.90. The zero-order valence-corrected chi connectivity index (χ0v) is 16.9. The number of halogens is 1. The first-order valence-electron chi connectivity index (χ1n) is 8.57. The molecule has 2 aromatic heterocycles. The largest absolute Gasteiger partial charge is 0.280 e. The minimum absolute atomic E-state index is 0.185. The van der Waals surface area contributed by atoms with Gasteiger partial charge in [-0.25, -0.2) is 12.8 Å². The summed E-state index contributed by atoms with van der Waals surface area (Å²) < 4.78 is 38.2. The fourth-order valence-corrected chi connectivity index (χ4v) is 4.31. The quantitative estimate of drug-likeness (QED) is 0.491. The molecule has 0 saturated carbocycles. The molecule has 0 fully saturated rings. The van der Waals surface area contributed by atoms with Gasteiger partial charge in [-0.3, -0.25) is 4.79 Å². The first-order chi connectivity index (χ1) is 13.8. The number of rotatable bonds is 4. The summed E-state index contributed by atoms with van der Waals surface area (Å²) >= 11 is 1.38. The van der Waals surface area contributed by atoms with E-state index in [0.717, 1.165) is 6.26 Å². The first kappa shape index (κ1) is 19.2. The van der Waals surface area contributed by atoms with Crippen LogP contribution in [0.2, 0.25) is 0 Å². The Balaban J connectivity index is 1.95. The second-order valence-corrected chi connectivity index (χ2v) is 9.35. The highest BCUT2D eigenvalue weighted by Gasteiger charge is 2.17. The van der Waals surface area contributed by atoms with E-state index in [9.17, 15) is 17.6 Å². The Morgan fingerprint density at radius 3 is 2.21 bits per heavy atom. The van der Waals surface area contributed by atoms with Gasteiger partial charge in [-0.15, -0.1) is 11.3 Å². The molecule has 4 aromatic rings. The van der Waals surface area contributed by atoms with E-state index >= 15 is 0 Å². The Bertz CT molecular complexity index is 1330. The van der Waals surface area contributed by atoms with E-state index in [1.165, 1.54) is 40.3 Å². The monoisotopic (exact) mass is 426 g/mol. The van der Waals surface area contributed by atoms with Gasteiger partial charge in [-0.2, -0.15) is 9.78 Å². The number of hydrogen-bond donors (Lipinski definition) is 0. The normalized spacial score (nSPS) is 11.5. The van der Waals surface area contributed by atoms with Crippen LogP contribution >= 0.6 is 11.3 Å². The van der Waals surface area contributed by atoms with Crippen molar-refractivity contribution in [3.63, 3.8) is 0 Å². The van der Waals surface area contributed by atoms with E-state index in [-0.39, 0.29) is 10.5 Å². The summed E-state index contributed by atoms with van der Waals surface area (Å²) in [6, 6.07) is 15.5. The predicted molar refractivity (Wildman–Crippen MR) is 112 cm³/mol. The van der Waals surface area contributed by atoms with Gasteiger partial charge in [-0.1, -0.05) is 24.3 Å². The van der Waals surface area contributed by atoms with Crippen molar-refractivity contribution in [3.8, 4) is 27.3 Å². The highest BCUT2D eigenvalue weighted by atomic mass is 32.2. The maximum Gasteiger partial charge on any atom is 0.280 e. The number of aromatic nitrogens is 2. The van der Waals surface area contributed by atoms with Crippen molar-refractivity contribution in [1.82, 2.24) is 9.78 Å². The SMILES string of the molecule is CS(=O)(=O)c1ccc(-c2cnn(-c3cccs3)c(=O)c2-c2ccc(F)cc2)cc1. The van der Waals surface area contributed by atoms with Crippen LogP contribution in [0.1, 0.15) is 0 Å². The van der Waals surface area contributed by atoms with Crippen molar-refractivity contribution >= 4 is 21.2 Å². The molecule has 2 heterocycles. The van der Waals surface area contributed by atoms with Crippen molar-refractivity contribution in [2.45, 2.75) is 4.90 Å². The van der Waals surface area contributed by atoms with Gasteiger partial charge >= 0.3 is 0 Å². The number of hydrogen-bond acceptors (Lipinski definition) is 5. The third-order valence-corrected chi connectivity index (χ3v) is 6.39.